The Balaban J connectivity index is 0.00000166. The third-order valence-electron chi connectivity index (χ3n) is 12.8. The monoisotopic (exact) mass is 831 g/mol. The number of halogens is 1. The molecular formula is C53H68ClN2O4+. The van der Waals surface area contributed by atoms with E-state index in [0.717, 1.165) is 51.5 Å². The molecule has 2 aliphatic heterocycles. The molecule has 0 radical (unpaired) electrons. The highest BCUT2D eigenvalue weighted by atomic mass is 35.5. The third kappa shape index (κ3) is 7.93. The maximum Gasteiger partial charge on any atom is 0.311 e. The number of nitrogens with zero attached hydrogens (tertiary/aromatic N) is 2. The maximum atomic E-state index is 13.3. The summed E-state index contributed by atoms with van der Waals surface area (Å²) in [4.78, 5) is 15.7. The van der Waals surface area contributed by atoms with Crippen molar-refractivity contribution in [1.82, 2.24) is 0 Å². The van der Waals surface area contributed by atoms with Crippen molar-refractivity contribution in [2.75, 3.05) is 39.3 Å². The smallest absolute Gasteiger partial charge is 0.311 e. The van der Waals surface area contributed by atoms with Gasteiger partial charge in [0.1, 0.15) is 18.0 Å². The number of ether oxygens (including phenoxy) is 3. The number of fused-ring (bicyclic) bond motifs is 6. The van der Waals surface area contributed by atoms with Gasteiger partial charge in [0.05, 0.1) is 32.2 Å². The summed E-state index contributed by atoms with van der Waals surface area (Å²) < 4.78 is 18.9. The van der Waals surface area contributed by atoms with Crippen LogP contribution in [0.2, 0.25) is 0 Å². The van der Waals surface area contributed by atoms with E-state index < -0.39 is 5.41 Å². The van der Waals surface area contributed by atoms with Crippen LogP contribution in [0.1, 0.15) is 107 Å². The topological polar surface area (TPSA) is 51.0 Å². The van der Waals surface area contributed by atoms with Crippen molar-refractivity contribution in [1.29, 1.82) is 0 Å². The highest BCUT2D eigenvalue weighted by Crippen LogP contribution is 2.52. The molecule has 4 aromatic carbocycles. The molecule has 0 spiro atoms. The van der Waals surface area contributed by atoms with Gasteiger partial charge in [0, 0.05) is 46.1 Å². The van der Waals surface area contributed by atoms with Crippen molar-refractivity contribution in [2.45, 2.75) is 107 Å². The van der Waals surface area contributed by atoms with Crippen LogP contribution in [0.25, 0.3) is 21.5 Å². The summed E-state index contributed by atoms with van der Waals surface area (Å²) in [5, 5.41) is 5.54. The van der Waals surface area contributed by atoms with Gasteiger partial charge in [-0.05, 0) is 141 Å². The zero-order valence-electron chi connectivity index (χ0n) is 38.9. The molecule has 2 heterocycles. The molecule has 1 atom stereocenters. The number of hydrogen-bond donors (Lipinski definition) is 0. The molecule has 7 rings (SSSR count). The first kappa shape index (κ1) is 46.3. The fourth-order valence-electron chi connectivity index (χ4n) is 9.65. The van der Waals surface area contributed by atoms with Gasteiger partial charge in [0.25, 0.3) is 0 Å². The van der Waals surface area contributed by atoms with Crippen LogP contribution in [0, 0.1) is 11.3 Å². The predicted molar refractivity (Wildman–Crippen MR) is 255 cm³/mol. The van der Waals surface area contributed by atoms with Gasteiger partial charge in [-0.1, -0.05) is 83.5 Å². The van der Waals surface area contributed by atoms with Crippen LogP contribution >= 0.6 is 11.6 Å². The molecule has 0 N–H and O–H groups in total. The first-order chi connectivity index (χ1) is 28.6. The fourth-order valence-corrected chi connectivity index (χ4v) is 9.93. The van der Waals surface area contributed by atoms with Crippen LogP contribution < -0.4 is 14.4 Å². The number of anilines is 1. The molecule has 0 saturated carbocycles. The Morgan fingerprint density at radius 3 is 1.93 bits per heavy atom. The second-order valence-corrected chi connectivity index (χ2v) is 17.3. The van der Waals surface area contributed by atoms with Crippen LogP contribution in [0.3, 0.4) is 0 Å². The molecule has 0 fully saturated rings. The zero-order valence-corrected chi connectivity index (χ0v) is 39.6. The van der Waals surface area contributed by atoms with Gasteiger partial charge in [-0.15, -0.1) is 0 Å². The lowest BCUT2D eigenvalue weighted by Gasteiger charge is -2.36. The van der Waals surface area contributed by atoms with Gasteiger partial charge in [0.15, 0.2) is 5.71 Å². The molecule has 0 aromatic heterocycles. The number of likely N-dealkylation sites (N-methyl/N-ethyl adjacent to an activating group) is 1. The van der Waals surface area contributed by atoms with Gasteiger partial charge >= 0.3 is 5.97 Å². The van der Waals surface area contributed by atoms with E-state index in [9.17, 15) is 4.79 Å². The number of esters is 1. The van der Waals surface area contributed by atoms with Crippen LogP contribution in [0.4, 0.5) is 11.4 Å². The lowest BCUT2D eigenvalue weighted by molar-refractivity contribution is -0.433. The molecule has 3 aliphatic rings. The minimum atomic E-state index is -0.721. The van der Waals surface area contributed by atoms with Gasteiger partial charge in [-0.2, -0.15) is 4.58 Å². The first-order valence-electron chi connectivity index (χ1n) is 21.9. The van der Waals surface area contributed by atoms with Crippen molar-refractivity contribution < 1.29 is 23.6 Å². The van der Waals surface area contributed by atoms with E-state index in [-0.39, 0.29) is 22.7 Å². The molecule has 0 amide bonds. The molecule has 60 heavy (non-hydrogen) atoms. The molecule has 320 valence electrons. The molecule has 6 nitrogen and oxygen atoms in total. The summed E-state index contributed by atoms with van der Waals surface area (Å²) in [7, 11) is 4.90. The Labute approximate surface area is 365 Å². The normalized spacial score (nSPS) is 19.3. The molecule has 1 aliphatic carbocycles. The fraction of sp³-hybridized carbons (Fsp3) is 0.434. The summed E-state index contributed by atoms with van der Waals surface area (Å²) in [6.45, 7) is 27.3. The van der Waals surface area contributed by atoms with Gasteiger partial charge in [0.2, 0.25) is 5.69 Å². The summed E-state index contributed by atoms with van der Waals surface area (Å²) in [6, 6.07) is 21.5. The predicted octanol–water partition coefficient (Wildman–Crippen LogP) is 13.7. The third-order valence-corrected chi connectivity index (χ3v) is 13.3. The number of allylic oxidation sites excluding steroid dienone is 8. The van der Waals surface area contributed by atoms with E-state index in [0.29, 0.717) is 12.8 Å². The lowest BCUT2D eigenvalue weighted by atomic mass is 9.69. The Kier molecular flexibility index (Phi) is 14.2. The SMILES string of the molecule is CC.CC.CCN1/C(=C/C=C2\CC(C(C)(C)C(=O)OC)CC(/C=C/C3=[N+](CC)c4ccc5cc(OC)ccc5c4C3(C)C)=C2Cl)C(C)(C)c2c1ccc1cc(OC)ccc21. The largest absolute Gasteiger partial charge is 0.497 e. The molecule has 4 aromatic rings. The highest BCUT2D eigenvalue weighted by Gasteiger charge is 2.46. The number of hydrogen-bond acceptors (Lipinski definition) is 5. The average molecular weight is 833 g/mol. The standard InChI is InChI=1S/C49H56ClN2O4.2C2H6/c1-12-51-39-22-14-30-28-35(54-9)18-20-37(30)43(39)48(5,6)41(51)24-16-32-26-34(47(3,4)46(53)56-11)27-33(45(32)50)17-25-42-49(7,8)44-38-21-19-36(55-10)29-31(38)15-23-40(44)52(42)13-2;2*1-2/h14-25,28-29,34H,12-13,26-27H2,1-11H3;2*1-2H3/q+1;;. The number of benzene rings is 4. The quantitative estimate of drug-likeness (QED) is 0.124. The highest BCUT2D eigenvalue weighted by molar-refractivity contribution is 6.32. The Morgan fingerprint density at radius 1 is 0.800 bits per heavy atom. The number of carbonyl (C=O) groups excluding carboxylic acids is 1. The zero-order chi connectivity index (χ0) is 44.3. The van der Waals surface area contributed by atoms with Gasteiger partial charge < -0.3 is 19.1 Å². The summed E-state index contributed by atoms with van der Waals surface area (Å²) in [6.07, 6.45) is 10.2. The minimum Gasteiger partial charge on any atom is -0.497 e. The van der Waals surface area contributed by atoms with Crippen molar-refractivity contribution in [3.63, 3.8) is 0 Å². The van der Waals surface area contributed by atoms with Crippen molar-refractivity contribution in [3.8, 4) is 11.5 Å². The Morgan fingerprint density at radius 2 is 1.38 bits per heavy atom. The lowest BCUT2D eigenvalue weighted by Crippen LogP contribution is -2.36. The van der Waals surface area contributed by atoms with Crippen molar-refractivity contribution >= 4 is 56.2 Å². The summed E-state index contributed by atoms with van der Waals surface area (Å²) in [5.74, 6) is 1.48. The summed E-state index contributed by atoms with van der Waals surface area (Å²) >= 11 is 7.48. The Bertz CT molecular complexity index is 2430. The second-order valence-electron chi connectivity index (χ2n) is 17.0. The first-order valence-corrected chi connectivity index (χ1v) is 22.2. The number of carbonyl (C=O) groups is 1. The van der Waals surface area contributed by atoms with Crippen LogP contribution in [-0.2, 0) is 20.4 Å². The molecule has 0 bridgehead atoms. The molecule has 0 saturated heterocycles. The number of rotatable bonds is 9. The number of methoxy groups -OCH3 is 3. The van der Waals surface area contributed by atoms with Crippen LogP contribution in [-0.4, -0.2) is 50.7 Å². The molecule has 1 unspecified atom stereocenters. The molecular weight excluding hydrogens is 764 g/mol. The minimum absolute atomic E-state index is 0.0169. The van der Waals surface area contributed by atoms with E-state index in [1.807, 2.05) is 53.7 Å². The second kappa shape index (κ2) is 18.4. The van der Waals surface area contributed by atoms with Gasteiger partial charge in [-0.3, -0.25) is 4.79 Å². The Hall–Kier alpha value is -4.81. The van der Waals surface area contributed by atoms with Crippen molar-refractivity contribution in [3.05, 3.63) is 118 Å². The van der Waals surface area contributed by atoms with E-state index in [1.54, 1.807) is 14.2 Å². The van der Waals surface area contributed by atoms with E-state index in [4.69, 9.17) is 25.8 Å². The van der Waals surface area contributed by atoms with E-state index in [1.165, 1.54) is 51.8 Å². The van der Waals surface area contributed by atoms with E-state index >= 15 is 0 Å². The van der Waals surface area contributed by atoms with E-state index in [2.05, 4.69) is 124 Å². The maximum absolute atomic E-state index is 13.3. The van der Waals surface area contributed by atoms with Gasteiger partial charge in [-0.25, -0.2) is 0 Å². The molecule has 7 heteroatoms. The van der Waals surface area contributed by atoms with Crippen LogP contribution in [0.5, 0.6) is 11.5 Å². The van der Waals surface area contributed by atoms with Crippen molar-refractivity contribution in [2.24, 2.45) is 11.3 Å². The average Bonchev–Trinajstić information content (AvgIpc) is 3.63. The summed E-state index contributed by atoms with van der Waals surface area (Å²) in [5.41, 5.74) is 8.29. The van der Waals surface area contributed by atoms with Crippen LogP contribution in [0.15, 0.2) is 107 Å².